The zero-order valence-electron chi connectivity index (χ0n) is 37.7. The number of rotatable bonds is 16. The van der Waals surface area contributed by atoms with Crippen molar-refractivity contribution >= 4 is 56.7 Å². The summed E-state index contributed by atoms with van der Waals surface area (Å²) in [6.45, 7) is 22.2. The van der Waals surface area contributed by atoms with E-state index in [1.807, 2.05) is 90.7 Å². The third kappa shape index (κ3) is 9.20. The Hall–Kier alpha value is -3.77. The molecule has 0 aromatic heterocycles. The summed E-state index contributed by atoms with van der Waals surface area (Å²) < 4.78 is 32.2. The molecule has 322 valence electrons. The summed E-state index contributed by atoms with van der Waals surface area (Å²) in [4.78, 5) is 33.2. The van der Waals surface area contributed by atoms with E-state index in [1.54, 1.807) is 7.11 Å². The minimum atomic E-state index is -3.18. The third-order valence-corrected chi connectivity index (χ3v) is 26.7. The van der Waals surface area contributed by atoms with E-state index in [-0.39, 0.29) is 34.6 Å². The zero-order valence-corrected chi connectivity index (χ0v) is 40.6. The fraction of sp³-hybridized carbons (Fsp3) is 0.449. The van der Waals surface area contributed by atoms with Crippen LogP contribution in [0.5, 0.6) is 5.75 Å². The molecule has 6 rings (SSSR count). The van der Waals surface area contributed by atoms with Gasteiger partial charge in [0, 0.05) is 19.4 Å². The number of esters is 1. The number of amides is 1. The van der Waals surface area contributed by atoms with Gasteiger partial charge >= 0.3 is 5.97 Å². The number of ether oxygens (including phenoxy) is 3. The van der Waals surface area contributed by atoms with Crippen LogP contribution in [-0.2, 0) is 34.5 Å². The van der Waals surface area contributed by atoms with Crippen molar-refractivity contribution in [3.8, 4) is 5.75 Å². The van der Waals surface area contributed by atoms with Crippen molar-refractivity contribution in [3.63, 3.8) is 0 Å². The predicted octanol–water partition coefficient (Wildman–Crippen LogP) is 9.14. The van der Waals surface area contributed by atoms with Gasteiger partial charge in [0.1, 0.15) is 17.8 Å². The standard InChI is InChI=1S/C49H66NO7PSi2/c1-35(57-60(11,12)49(5,6)7)43-44(41(42-34-54-42)33-56-59(9,10)48(2,3)4)50(45(43)51)46(47(52)55-32-36-28-30-37(53-8)31-29-36)58(38-22-16-13-17-23-38,39-24-18-14-19-25-39)40-26-20-15-21-27-40/h13-31,35,41-44H,32-34H2,1-12H3/t35-,41-,42+,43-,44-/m1/s1. The molecule has 2 saturated heterocycles. The largest absolute Gasteiger partial charge is 0.497 e. The summed E-state index contributed by atoms with van der Waals surface area (Å²) in [7, 11) is -2.97. The number of hydrogen-bond acceptors (Lipinski definition) is 7. The first-order valence-corrected chi connectivity index (χ1v) is 28.8. The summed E-state index contributed by atoms with van der Waals surface area (Å²) in [5, 5.41) is 2.71. The number of epoxide rings is 1. The van der Waals surface area contributed by atoms with Crippen LogP contribution < -0.4 is 20.7 Å². The van der Waals surface area contributed by atoms with Crippen molar-refractivity contribution in [1.29, 1.82) is 0 Å². The lowest BCUT2D eigenvalue weighted by atomic mass is 9.75. The van der Waals surface area contributed by atoms with Gasteiger partial charge in [-0.15, -0.1) is 0 Å². The van der Waals surface area contributed by atoms with Gasteiger partial charge in [0.25, 0.3) is 0 Å². The van der Waals surface area contributed by atoms with Gasteiger partial charge in [0.2, 0.25) is 5.91 Å². The molecule has 0 bridgehead atoms. The van der Waals surface area contributed by atoms with Crippen LogP contribution >= 0.6 is 6.89 Å². The molecule has 4 aromatic carbocycles. The van der Waals surface area contributed by atoms with Crippen molar-refractivity contribution < 1.29 is 32.7 Å². The molecule has 5 atom stereocenters. The number of carbonyl (C=O) groups is 2. The highest BCUT2D eigenvalue weighted by Gasteiger charge is 2.62. The molecule has 0 radical (unpaired) electrons. The molecule has 8 nitrogen and oxygen atoms in total. The van der Waals surface area contributed by atoms with Crippen LogP contribution in [0.25, 0.3) is 0 Å². The lowest BCUT2D eigenvalue weighted by Gasteiger charge is -2.55. The van der Waals surface area contributed by atoms with E-state index in [0.29, 0.717) is 24.4 Å². The highest BCUT2D eigenvalue weighted by molar-refractivity contribution is 7.96. The van der Waals surface area contributed by atoms with Crippen molar-refractivity contribution in [2.45, 2.75) is 110 Å². The highest BCUT2D eigenvalue weighted by Crippen LogP contribution is 2.52. The van der Waals surface area contributed by atoms with Gasteiger partial charge in [-0.2, -0.15) is 0 Å². The molecule has 4 aromatic rings. The Bertz CT molecular complexity index is 2040. The monoisotopic (exact) mass is 867 g/mol. The van der Waals surface area contributed by atoms with Gasteiger partial charge in [0.15, 0.2) is 16.6 Å². The molecule has 2 heterocycles. The summed E-state index contributed by atoms with van der Waals surface area (Å²) in [6, 6.07) is 37.6. The van der Waals surface area contributed by atoms with Crippen molar-refractivity contribution in [2.24, 2.45) is 11.8 Å². The van der Waals surface area contributed by atoms with Crippen LogP contribution in [0.1, 0.15) is 54.0 Å². The number of nitrogens with zero attached hydrogens (tertiary/aromatic N) is 1. The minimum Gasteiger partial charge on any atom is -0.497 e. The smallest absolute Gasteiger partial charge is 0.356 e. The fourth-order valence-corrected chi connectivity index (χ4v) is 14.6. The van der Waals surface area contributed by atoms with E-state index in [0.717, 1.165) is 21.5 Å². The van der Waals surface area contributed by atoms with Crippen LogP contribution in [0.15, 0.2) is 115 Å². The Labute approximate surface area is 361 Å². The average Bonchev–Trinajstić information content (AvgIpc) is 4.05. The zero-order chi connectivity index (χ0) is 43.7. The van der Waals surface area contributed by atoms with E-state index in [4.69, 9.17) is 23.1 Å². The van der Waals surface area contributed by atoms with Crippen LogP contribution in [0.3, 0.4) is 0 Å². The molecule has 2 aliphatic rings. The summed E-state index contributed by atoms with van der Waals surface area (Å²) in [5.41, 5.74) is 1.16. The number of β-lactam (4-membered cyclic amide) rings is 1. The normalized spacial score (nSPS) is 19.6. The lowest BCUT2D eigenvalue weighted by molar-refractivity contribution is -0.162. The Morgan fingerprint density at radius 2 is 1.23 bits per heavy atom. The predicted molar refractivity (Wildman–Crippen MR) is 251 cm³/mol. The number of likely N-dealkylation sites (tertiary alicyclic amines) is 1. The molecule has 0 saturated carbocycles. The van der Waals surface area contributed by atoms with Crippen molar-refractivity contribution in [3.05, 3.63) is 121 Å². The van der Waals surface area contributed by atoms with Gasteiger partial charge in [-0.3, -0.25) is 4.79 Å². The highest BCUT2D eigenvalue weighted by atomic mass is 31.2. The van der Waals surface area contributed by atoms with E-state index in [9.17, 15) is 0 Å². The SMILES string of the molecule is COc1ccc(COC(=O)C(N2C(=O)[C@H]([C@@H](C)O[Si](C)(C)C(C)(C)C)[C@H]2[C@H](CO[Si](C)(C)C(C)(C)C)[C@@H]2CO2)=P(c2ccccc2)(c2ccccc2)c2ccccc2)cc1. The van der Waals surface area contributed by atoms with Crippen LogP contribution in [0.2, 0.25) is 36.3 Å². The second-order valence-electron chi connectivity index (χ2n) is 19.3. The molecule has 11 heteroatoms. The Kier molecular flexibility index (Phi) is 13.7. The maximum Gasteiger partial charge on any atom is 0.356 e. The van der Waals surface area contributed by atoms with Gasteiger partial charge < -0.3 is 28.0 Å². The molecule has 0 N–H and O–H groups in total. The van der Waals surface area contributed by atoms with E-state index >= 15 is 9.59 Å². The minimum absolute atomic E-state index is 0.00928. The molecule has 0 aliphatic carbocycles. The first-order valence-electron chi connectivity index (χ1n) is 21.2. The van der Waals surface area contributed by atoms with Gasteiger partial charge in [0.05, 0.1) is 37.9 Å². The van der Waals surface area contributed by atoms with Crippen molar-refractivity contribution in [1.82, 2.24) is 4.90 Å². The van der Waals surface area contributed by atoms with Crippen LogP contribution in [0.4, 0.5) is 0 Å². The second-order valence-corrected chi connectivity index (χ2v) is 32.2. The van der Waals surface area contributed by atoms with Crippen LogP contribution in [-0.4, -0.2) is 77.4 Å². The quantitative estimate of drug-likeness (QED) is 0.0365. The van der Waals surface area contributed by atoms with E-state index < -0.39 is 47.6 Å². The van der Waals surface area contributed by atoms with E-state index in [1.165, 1.54) is 0 Å². The molecule has 1 amide bonds. The maximum absolute atomic E-state index is 15.7. The topological polar surface area (TPSA) is 86.8 Å². The fourth-order valence-electron chi connectivity index (χ4n) is 7.78. The van der Waals surface area contributed by atoms with Gasteiger partial charge in [-0.1, -0.05) is 145 Å². The third-order valence-electron chi connectivity index (χ3n) is 13.4. The number of methoxy groups -OCH3 is 1. The second kappa shape index (κ2) is 17.9. The molecule has 2 fully saturated rings. The Balaban J connectivity index is 1.65. The molecular weight excluding hydrogens is 802 g/mol. The Morgan fingerprint density at radius 3 is 1.65 bits per heavy atom. The lowest BCUT2D eigenvalue weighted by Crippen LogP contribution is -2.72. The van der Waals surface area contributed by atoms with Crippen LogP contribution in [0, 0.1) is 11.8 Å². The number of hydrogen-bond donors (Lipinski definition) is 0. The molecular formula is C49H66NO7PSi2. The van der Waals surface area contributed by atoms with Gasteiger partial charge in [-0.05, 0) is 76.8 Å². The first kappa shape index (κ1) is 45.8. The average molecular weight is 868 g/mol. The molecule has 60 heavy (non-hydrogen) atoms. The van der Waals surface area contributed by atoms with Crippen molar-refractivity contribution in [2.75, 3.05) is 20.3 Å². The van der Waals surface area contributed by atoms with Gasteiger partial charge in [-0.25, -0.2) is 4.79 Å². The number of carbonyl (C=O) groups excluding carboxylic acids is 2. The summed E-state index contributed by atoms with van der Waals surface area (Å²) >= 11 is 0. The summed E-state index contributed by atoms with van der Waals surface area (Å²) in [6.07, 6.45) is -0.573. The maximum atomic E-state index is 15.7. The first-order chi connectivity index (χ1) is 28.2. The molecule has 0 spiro atoms. The Morgan fingerprint density at radius 1 is 0.767 bits per heavy atom. The van der Waals surface area contributed by atoms with E-state index in [2.05, 4.69) is 104 Å². The summed E-state index contributed by atoms with van der Waals surface area (Å²) in [5.74, 6) is -0.758. The number of benzene rings is 4. The molecule has 0 unspecified atom stereocenters. The molecule has 2 aliphatic heterocycles.